The van der Waals surface area contributed by atoms with E-state index in [2.05, 4.69) is 71.6 Å². The summed E-state index contributed by atoms with van der Waals surface area (Å²) in [5.74, 6) is 1.80. The van der Waals surface area contributed by atoms with Crippen LogP contribution in [-0.4, -0.2) is 38.9 Å². The van der Waals surface area contributed by atoms with Gasteiger partial charge in [-0.2, -0.15) is 10.1 Å². The predicted octanol–water partition coefficient (Wildman–Crippen LogP) is 3.57. The van der Waals surface area contributed by atoms with Gasteiger partial charge in [0, 0.05) is 24.2 Å². The maximum Gasteiger partial charge on any atom is 0.222 e. The standard InChI is InChI=1S/C22H33N7O/c1-6-7-10-24-20-19-17(27-21(23)28-20)13-26-29(19)14-16-9-8-15(11-18(16)30-5)12-25-22(2,3)4/h8-9,11,13,25H,6-7,10,12,14H2,1-5H3,(H3,23,24,27,28). The highest BCUT2D eigenvalue weighted by molar-refractivity contribution is 5.86. The first kappa shape index (κ1) is 21.8. The van der Waals surface area contributed by atoms with Crippen molar-refractivity contribution in [3.8, 4) is 5.75 Å². The van der Waals surface area contributed by atoms with Crippen LogP contribution in [-0.2, 0) is 13.1 Å². The minimum atomic E-state index is 0.0584. The summed E-state index contributed by atoms with van der Waals surface area (Å²) < 4.78 is 7.57. The summed E-state index contributed by atoms with van der Waals surface area (Å²) >= 11 is 0. The molecule has 3 rings (SSSR count). The Morgan fingerprint density at radius 1 is 1.20 bits per heavy atom. The number of nitrogens with one attached hydrogen (secondary N) is 2. The van der Waals surface area contributed by atoms with Crippen molar-refractivity contribution in [3.05, 3.63) is 35.5 Å². The molecule has 0 radical (unpaired) electrons. The molecular weight excluding hydrogens is 378 g/mol. The number of methoxy groups -OCH3 is 1. The third-order valence-corrected chi connectivity index (χ3v) is 4.82. The number of hydrogen-bond donors (Lipinski definition) is 3. The zero-order valence-electron chi connectivity index (χ0n) is 18.6. The van der Waals surface area contributed by atoms with Gasteiger partial charge in [-0.25, -0.2) is 4.98 Å². The predicted molar refractivity (Wildman–Crippen MR) is 122 cm³/mol. The SMILES string of the molecule is CCCCNc1nc(N)nc2cnn(Cc3ccc(CNC(C)(C)C)cc3OC)c12. The van der Waals surface area contributed by atoms with Crippen LogP contribution in [0, 0.1) is 0 Å². The van der Waals surface area contributed by atoms with E-state index in [1.54, 1.807) is 13.3 Å². The lowest BCUT2D eigenvalue weighted by Crippen LogP contribution is -2.35. The highest BCUT2D eigenvalue weighted by atomic mass is 16.5. The zero-order chi connectivity index (χ0) is 21.7. The molecule has 0 saturated carbocycles. The molecular formula is C22H33N7O. The van der Waals surface area contributed by atoms with Crippen LogP contribution in [0.15, 0.2) is 24.4 Å². The molecule has 0 amide bonds. The number of aromatic nitrogens is 4. The molecule has 0 aliphatic heterocycles. The van der Waals surface area contributed by atoms with Gasteiger partial charge < -0.3 is 21.1 Å². The summed E-state index contributed by atoms with van der Waals surface area (Å²) in [5, 5.41) is 11.4. The van der Waals surface area contributed by atoms with Crippen LogP contribution < -0.4 is 21.1 Å². The van der Waals surface area contributed by atoms with Crippen molar-refractivity contribution in [2.45, 2.75) is 59.2 Å². The van der Waals surface area contributed by atoms with E-state index in [-0.39, 0.29) is 11.5 Å². The minimum absolute atomic E-state index is 0.0584. The van der Waals surface area contributed by atoms with Gasteiger partial charge in [0.15, 0.2) is 5.82 Å². The van der Waals surface area contributed by atoms with Gasteiger partial charge >= 0.3 is 0 Å². The Morgan fingerprint density at radius 3 is 2.70 bits per heavy atom. The quantitative estimate of drug-likeness (QED) is 0.463. The third kappa shape index (κ3) is 5.38. The number of unbranched alkanes of at least 4 members (excludes halogenated alkanes) is 1. The van der Waals surface area contributed by atoms with Crippen molar-refractivity contribution in [2.75, 3.05) is 24.7 Å². The van der Waals surface area contributed by atoms with Crippen molar-refractivity contribution < 1.29 is 4.74 Å². The maximum absolute atomic E-state index is 5.89. The average molecular weight is 412 g/mol. The number of rotatable bonds is 9. The van der Waals surface area contributed by atoms with Gasteiger partial charge in [-0.1, -0.05) is 25.5 Å². The Labute approximate surface area is 178 Å². The van der Waals surface area contributed by atoms with Gasteiger partial charge in [0.25, 0.3) is 0 Å². The third-order valence-electron chi connectivity index (χ3n) is 4.82. The molecule has 0 unspecified atom stereocenters. The van der Waals surface area contributed by atoms with E-state index in [0.717, 1.165) is 48.3 Å². The molecule has 2 aromatic heterocycles. The Kier molecular flexibility index (Phi) is 6.77. The van der Waals surface area contributed by atoms with E-state index in [9.17, 15) is 0 Å². The van der Waals surface area contributed by atoms with Crippen molar-refractivity contribution in [2.24, 2.45) is 0 Å². The average Bonchev–Trinajstić information content (AvgIpc) is 3.09. The second-order valence-electron chi connectivity index (χ2n) is 8.50. The number of ether oxygens (including phenoxy) is 1. The number of nitrogens with zero attached hydrogens (tertiary/aromatic N) is 4. The van der Waals surface area contributed by atoms with Gasteiger partial charge in [0.1, 0.15) is 16.8 Å². The number of anilines is 2. The largest absolute Gasteiger partial charge is 0.496 e. The minimum Gasteiger partial charge on any atom is -0.496 e. The Bertz CT molecular complexity index is 991. The van der Waals surface area contributed by atoms with E-state index in [0.29, 0.717) is 12.4 Å². The highest BCUT2D eigenvalue weighted by Gasteiger charge is 2.15. The molecule has 0 atom stereocenters. The number of nitrogens with two attached hydrogens (primary N) is 1. The van der Waals surface area contributed by atoms with Crippen LogP contribution >= 0.6 is 0 Å². The van der Waals surface area contributed by atoms with Crippen molar-refractivity contribution in [1.82, 2.24) is 25.1 Å². The fraction of sp³-hybridized carbons (Fsp3) is 0.500. The van der Waals surface area contributed by atoms with E-state index < -0.39 is 0 Å². The molecule has 0 saturated heterocycles. The summed E-state index contributed by atoms with van der Waals surface area (Å²) in [6, 6.07) is 6.29. The Hall–Kier alpha value is -2.87. The first-order valence-corrected chi connectivity index (χ1v) is 10.4. The van der Waals surface area contributed by atoms with Gasteiger partial charge in [0.05, 0.1) is 19.9 Å². The summed E-state index contributed by atoms with van der Waals surface area (Å²) in [6.45, 7) is 10.8. The molecule has 0 fully saturated rings. The lowest BCUT2D eigenvalue weighted by Gasteiger charge is -2.21. The monoisotopic (exact) mass is 411 g/mol. The van der Waals surface area contributed by atoms with Gasteiger partial charge in [-0.3, -0.25) is 4.68 Å². The van der Waals surface area contributed by atoms with E-state index in [1.165, 1.54) is 5.56 Å². The maximum atomic E-state index is 5.89. The van der Waals surface area contributed by atoms with Crippen LogP contribution in [0.3, 0.4) is 0 Å². The molecule has 1 aromatic carbocycles. The zero-order valence-corrected chi connectivity index (χ0v) is 18.6. The first-order chi connectivity index (χ1) is 14.3. The van der Waals surface area contributed by atoms with Gasteiger partial charge in [0.2, 0.25) is 5.95 Å². The summed E-state index contributed by atoms with van der Waals surface area (Å²) in [6.07, 6.45) is 3.88. The summed E-state index contributed by atoms with van der Waals surface area (Å²) in [7, 11) is 1.70. The van der Waals surface area contributed by atoms with Crippen molar-refractivity contribution >= 4 is 22.8 Å². The van der Waals surface area contributed by atoms with Crippen molar-refractivity contribution in [3.63, 3.8) is 0 Å². The number of benzene rings is 1. The summed E-state index contributed by atoms with van der Waals surface area (Å²) in [4.78, 5) is 8.74. The van der Waals surface area contributed by atoms with E-state index in [4.69, 9.17) is 10.5 Å². The molecule has 8 nitrogen and oxygen atoms in total. The van der Waals surface area contributed by atoms with E-state index >= 15 is 0 Å². The molecule has 3 aromatic rings. The molecule has 162 valence electrons. The van der Waals surface area contributed by atoms with Crippen LogP contribution in [0.5, 0.6) is 5.75 Å². The lowest BCUT2D eigenvalue weighted by atomic mass is 10.1. The molecule has 8 heteroatoms. The van der Waals surface area contributed by atoms with Crippen LogP contribution in [0.2, 0.25) is 0 Å². The highest BCUT2D eigenvalue weighted by Crippen LogP contribution is 2.26. The second-order valence-corrected chi connectivity index (χ2v) is 8.50. The molecule has 0 spiro atoms. The molecule has 2 heterocycles. The fourth-order valence-electron chi connectivity index (χ4n) is 3.20. The second kappa shape index (κ2) is 9.30. The van der Waals surface area contributed by atoms with Crippen LogP contribution in [0.25, 0.3) is 11.0 Å². The molecule has 30 heavy (non-hydrogen) atoms. The smallest absolute Gasteiger partial charge is 0.222 e. The Morgan fingerprint density at radius 2 is 2.00 bits per heavy atom. The number of fused-ring (bicyclic) bond motifs is 1. The lowest BCUT2D eigenvalue weighted by molar-refractivity contribution is 0.403. The van der Waals surface area contributed by atoms with Crippen molar-refractivity contribution in [1.29, 1.82) is 0 Å². The molecule has 0 aliphatic rings. The Balaban J connectivity index is 1.88. The van der Waals surface area contributed by atoms with E-state index in [1.807, 2.05) is 4.68 Å². The number of nitrogen functional groups attached to an aromatic ring is 1. The van der Waals surface area contributed by atoms with Crippen LogP contribution in [0.4, 0.5) is 11.8 Å². The topological polar surface area (TPSA) is 103 Å². The normalized spacial score (nSPS) is 11.8. The van der Waals surface area contributed by atoms with Crippen LogP contribution in [0.1, 0.15) is 51.7 Å². The molecule has 4 N–H and O–H groups in total. The molecule has 0 aliphatic carbocycles. The first-order valence-electron chi connectivity index (χ1n) is 10.4. The summed E-state index contributed by atoms with van der Waals surface area (Å²) in [5.41, 5.74) is 9.74. The fourth-order valence-corrected chi connectivity index (χ4v) is 3.20. The molecule has 0 bridgehead atoms. The van der Waals surface area contributed by atoms with Gasteiger partial charge in [-0.05, 0) is 38.8 Å². The van der Waals surface area contributed by atoms with Gasteiger partial charge in [-0.15, -0.1) is 0 Å². The number of hydrogen-bond acceptors (Lipinski definition) is 7.